The van der Waals surface area contributed by atoms with E-state index in [1.807, 2.05) is 19.9 Å². The van der Waals surface area contributed by atoms with E-state index in [1.165, 1.54) is 5.57 Å². The zero-order valence-corrected chi connectivity index (χ0v) is 11.5. The fourth-order valence-corrected chi connectivity index (χ4v) is 3.80. The first-order valence-corrected chi connectivity index (χ1v) is 6.85. The van der Waals surface area contributed by atoms with Gasteiger partial charge in [0.25, 0.3) is 0 Å². The molecule has 0 saturated carbocycles. The maximum atomic E-state index is 11.8. The van der Waals surface area contributed by atoms with Gasteiger partial charge >= 0.3 is 5.97 Å². The van der Waals surface area contributed by atoms with Crippen LogP contribution in [0.2, 0.25) is 0 Å². The molecule has 4 atom stereocenters. The van der Waals surface area contributed by atoms with E-state index >= 15 is 0 Å². The fourth-order valence-electron chi connectivity index (χ4n) is 3.80. The quantitative estimate of drug-likeness (QED) is 0.414. The van der Waals surface area contributed by atoms with E-state index in [1.54, 1.807) is 0 Å². The number of carbonyl (C=O) groups is 1. The molecule has 3 aliphatic rings. The van der Waals surface area contributed by atoms with Crippen molar-refractivity contribution in [2.75, 3.05) is 0 Å². The number of rotatable bonds is 0. The Kier molecular flexibility index (Phi) is 2.77. The minimum absolute atomic E-state index is 0.0277. The molecule has 0 bridgehead atoms. The zero-order chi connectivity index (χ0) is 13.7. The molecule has 0 aromatic carbocycles. The summed E-state index contributed by atoms with van der Waals surface area (Å²) in [5.41, 5.74) is 4.08. The number of hydrogen-bond acceptors (Lipinski definition) is 4. The van der Waals surface area contributed by atoms with E-state index in [0.717, 1.165) is 24.0 Å². The van der Waals surface area contributed by atoms with Crippen molar-refractivity contribution in [1.82, 2.24) is 0 Å². The smallest absolute Gasteiger partial charge is 0.309 e. The van der Waals surface area contributed by atoms with Gasteiger partial charge in [-0.05, 0) is 38.3 Å². The Labute approximate surface area is 112 Å². The van der Waals surface area contributed by atoms with Crippen LogP contribution in [0.1, 0.15) is 33.6 Å². The molecular formula is C15H19NO3. The number of ether oxygens (including phenoxy) is 1. The lowest BCUT2D eigenvalue weighted by Gasteiger charge is -2.24. The number of oxime groups is 1. The Morgan fingerprint density at radius 1 is 1.42 bits per heavy atom. The molecule has 102 valence electrons. The molecule has 19 heavy (non-hydrogen) atoms. The van der Waals surface area contributed by atoms with E-state index in [2.05, 4.69) is 12.1 Å². The molecule has 1 saturated heterocycles. The van der Waals surface area contributed by atoms with Crippen LogP contribution in [0.15, 0.2) is 28.0 Å². The summed E-state index contributed by atoms with van der Waals surface area (Å²) >= 11 is 0. The molecule has 1 heterocycles. The van der Waals surface area contributed by atoms with Crippen LogP contribution in [-0.4, -0.2) is 23.0 Å². The Balaban J connectivity index is 2.08. The largest absolute Gasteiger partial charge is 0.461 e. The van der Waals surface area contributed by atoms with Crippen molar-refractivity contribution in [3.05, 3.63) is 22.8 Å². The van der Waals surface area contributed by atoms with Gasteiger partial charge in [0.15, 0.2) is 0 Å². The molecule has 4 heteroatoms. The molecule has 0 aromatic heterocycles. The first kappa shape index (κ1) is 12.5. The fraction of sp³-hybridized carbons (Fsp3) is 0.600. The highest BCUT2D eigenvalue weighted by molar-refractivity contribution is 6.12. The third-order valence-corrected chi connectivity index (χ3v) is 4.88. The second-order valence-corrected chi connectivity index (χ2v) is 5.94. The SMILES string of the molecule is CC1=CC(=NO)C2=C(C)CCC3C(C)C(=O)OC3C12. The average Bonchev–Trinajstić information content (AvgIpc) is 2.80. The van der Waals surface area contributed by atoms with Crippen molar-refractivity contribution >= 4 is 11.7 Å². The zero-order valence-electron chi connectivity index (χ0n) is 11.5. The molecule has 4 nitrogen and oxygen atoms in total. The normalized spacial score (nSPS) is 39.8. The number of nitrogens with zero attached hydrogens (tertiary/aromatic N) is 1. The van der Waals surface area contributed by atoms with E-state index in [9.17, 15) is 10.0 Å². The molecule has 1 aliphatic heterocycles. The predicted octanol–water partition coefficient (Wildman–Crippen LogP) is 2.68. The number of carbonyl (C=O) groups excluding carboxylic acids is 1. The van der Waals surface area contributed by atoms with Crippen molar-refractivity contribution in [3.63, 3.8) is 0 Å². The number of hydrogen-bond donors (Lipinski definition) is 1. The lowest BCUT2D eigenvalue weighted by Crippen LogP contribution is -2.28. The molecule has 2 aliphatic carbocycles. The van der Waals surface area contributed by atoms with Crippen molar-refractivity contribution in [1.29, 1.82) is 0 Å². The first-order chi connectivity index (χ1) is 9.04. The number of esters is 1. The van der Waals surface area contributed by atoms with Crippen LogP contribution < -0.4 is 0 Å². The van der Waals surface area contributed by atoms with Crippen LogP contribution >= 0.6 is 0 Å². The van der Waals surface area contributed by atoms with Gasteiger partial charge in [-0.2, -0.15) is 0 Å². The highest BCUT2D eigenvalue weighted by Gasteiger charge is 2.50. The van der Waals surface area contributed by atoms with Crippen LogP contribution in [0.3, 0.4) is 0 Å². The van der Waals surface area contributed by atoms with Gasteiger partial charge in [-0.25, -0.2) is 0 Å². The second-order valence-electron chi connectivity index (χ2n) is 5.94. The molecule has 1 fully saturated rings. The van der Waals surface area contributed by atoms with Crippen molar-refractivity contribution in [3.8, 4) is 0 Å². The summed E-state index contributed by atoms with van der Waals surface area (Å²) in [6, 6.07) is 0. The average molecular weight is 261 g/mol. The lowest BCUT2D eigenvalue weighted by atomic mass is 9.81. The minimum atomic E-state index is -0.0922. The van der Waals surface area contributed by atoms with Gasteiger partial charge in [-0.3, -0.25) is 4.79 Å². The Morgan fingerprint density at radius 2 is 2.16 bits per heavy atom. The molecule has 0 amide bonds. The van der Waals surface area contributed by atoms with Crippen LogP contribution in [0, 0.1) is 17.8 Å². The molecular weight excluding hydrogens is 242 g/mol. The van der Waals surface area contributed by atoms with Gasteiger partial charge in [0.2, 0.25) is 0 Å². The topological polar surface area (TPSA) is 58.9 Å². The van der Waals surface area contributed by atoms with Crippen LogP contribution in [-0.2, 0) is 9.53 Å². The molecule has 1 N–H and O–H groups in total. The van der Waals surface area contributed by atoms with E-state index in [-0.39, 0.29) is 29.8 Å². The van der Waals surface area contributed by atoms with Crippen molar-refractivity contribution in [2.45, 2.75) is 39.7 Å². The van der Waals surface area contributed by atoms with Gasteiger partial charge < -0.3 is 9.94 Å². The summed E-state index contributed by atoms with van der Waals surface area (Å²) < 4.78 is 5.63. The molecule has 4 unspecified atom stereocenters. The molecule has 3 rings (SSSR count). The lowest BCUT2D eigenvalue weighted by molar-refractivity contribution is -0.144. The Hall–Kier alpha value is -1.58. The predicted molar refractivity (Wildman–Crippen MR) is 70.9 cm³/mol. The third kappa shape index (κ3) is 1.66. The maximum absolute atomic E-state index is 11.8. The summed E-state index contributed by atoms with van der Waals surface area (Å²) in [7, 11) is 0. The van der Waals surface area contributed by atoms with Gasteiger partial charge in [-0.1, -0.05) is 23.2 Å². The molecule has 0 spiro atoms. The third-order valence-electron chi connectivity index (χ3n) is 4.88. The standard InChI is InChI=1S/C15H19NO3/c1-7-4-5-10-9(3)15(17)19-14(10)13-8(2)6-11(16-18)12(7)13/h6,9-10,13-14,18H,4-5H2,1-3H3. The van der Waals surface area contributed by atoms with Crippen molar-refractivity contribution < 1.29 is 14.7 Å². The Bertz CT molecular complexity index is 530. The summed E-state index contributed by atoms with van der Waals surface area (Å²) in [4.78, 5) is 11.8. The van der Waals surface area contributed by atoms with Gasteiger partial charge in [0, 0.05) is 11.8 Å². The summed E-state index contributed by atoms with van der Waals surface area (Å²) in [5, 5.41) is 12.6. The van der Waals surface area contributed by atoms with Gasteiger partial charge in [0.1, 0.15) is 11.8 Å². The van der Waals surface area contributed by atoms with Crippen LogP contribution in [0.25, 0.3) is 0 Å². The maximum Gasteiger partial charge on any atom is 0.309 e. The van der Waals surface area contributed by atoms with E-state index in [4.69, 9.17) is 4.74 Å². The van der Waals surface area contributed by atoms with Crippen LogP contribution in [0.5, 0.6) is 0 Å². The summed E-state index contributed by atoms with van der Waals surface area (Å²) in [5.74, 6) is 0.231. The van der Waals surface area contributed by atoms with E-state index in [0.29, 0.717) is 5.71 Å². The number of fused-ring (bicyclic) bond motifs is 3. The highest BCUT2D eigenvalue weighted by Crippen LogP contribution is 2.47. The highest BCUT2D eigenvalue weighted by atomic mass is 16.6. The van der Waals surface area contributed by atoms with Gasteiger partial charge in [0.05, 0.1) is 5.92 Å². The molecule has 0 aromatic rings. The summed E-state index contributed by atoms with van der Waals surface area (Å²) in [6.45, 7) is 6.07. The van der Waals surface area contributed by atoms with Gasteiger partial charge in [-0.15, -0.1) is 0 Å². The number of allylic oxidation sites excluding steroid dienone is 2. The summed E-state index contributed by atoms with van der Waals surface area (Å²) in [6.07, 6.45) is 3.72. The minimum Gasteiger partial charge on any atom is -0.461 e. The Morgan fingerprint density at radius 3 is 2.84 bits per heavy atom. The molecule has 0 radical (unpaired) electrons. The monoisotopic (exact) mass is 261 g/mol. The van der Waals surface area contributed by atoms with E-state index < -0.39 is 0 Å². The van der Waals surface area contributed by atoms with Crippen molar-refractivity contribution in [2.24, 2.45) is 22.9 Å². The first-order valence-electron chi connectivity index (χ1n) is 6.85. The second kappa shape index (κ2) is 4.22. The van der Waals surface area contributed by atoms with Crippen LogP contribution in [0.4, 0.5) is 0 Å².